The van der Waals surface area contributed by atoms with E-state index >= 15 is 0 Å². The molecule has 3 heterocycles. The van der Waals surface area contributed by atoms with Crippen molar-refractivity contribution in [1.82, 2.24) is 19.9 Å². The van der Waals surface area contributed by atoms with Crippen LogP contribution in [0.25, 0.3) is 5.57 Å². The summed E-state index contributed by atoms with van der Waals surface area (Å²) >= 11 is 6.21. The van der Waals surface area contributed by atoms with Crippen LogP contribution in [0.15, 0.2) is 42.1 Å². The van der Waals surface area contributed by atoms with E-state index in [2.05, 4.69) is 21.0 Å². The van der Waals surface area contributed by atoms with Crippen molar-refractivity contribution in [2.24, 2.45) is 0 Å². The molecule has 2 aliphatic rings. The van der Waals surface area contributed by atoms with E-state index in [0.29, 0.717) is 18.8 Å². The maximum Gasteiger partial charge on any atom is 0.273 e. The summed E-state index contributed by atoms with van der Waals surface area (Å²) in [5.41, 5.74) is 10.9. The number of carbonyl (C=O) groups is 1. The Balaban J connectivity index is 1.69. The Labute approximate surface area is 156 Å². The number of carbonyl (C=O) groups excluding carboxylic acids is 1. The first-order chi connectivity index (χ1) is 12.5. The zero-order valence-electron chi connectivity index (χ0n) is 14.3. The zero-order chi connectivity index (χ0) is 18.3. The molecule has 4 rings (SSSR count). The highest BCUT2D eigenvalue weighted by molar-refractivity contribution is 6.22. The summed E-state index contributed by atoms with van der Waals surface area (Å²) < 4.78 is 0. The van der Waals surface area contributed by atoms with E-state index in [0.717, 1.165) is 34.5 Å². The highest BCUT2D eigenvalue weighted by atomic mass is 35.5. The molecule has 26 heavy (non-hydrogen) atoms. The number of hydrogen-bond acceptors (Lipinski definition) is 5. The molecule has 132 valence electrons. The van der Waals surface area contributed by atoms with Crippen LogP contribution in [0, 0.1) is 0 Å². The lowest BCUT2D eigenvalue weighted by atomic mass is 9.93. The molecular formula is C19H18ClN5O. The van der Waals surface area contributed by atoms with Gasteiger partial charge in [0.25, 0.3) is 5.91 Å². The van der Waals surface area contributed by atoms with Gasteiger partial charge in [-0.3, -0.25) is 9.78 Å². The second kappa shape index (κ2) is 6.53. The lowest BCUT2D eigenvalue weighted by molar-refractivity contribution is 0.0744. The molecule has 1 aliphatic carbocycles. The Kier molecular flexibility index (Phi) is 4.20. The van der Waals surface area contributed by atoms with Crippen LogP contribution >= 0.6 is 11.6 Å². The maximum absolute atomic E-state index is 12.7. The predicted octanol–water partition coefficient (Wildman–Crippen LogP) is 2.95. The largest absolute Gasteiger partial charge is 0.368 e. The van der Waals surface area contributed by atoms with Crippen molar-refractivity contribution in [3.8, 4) is 0 Å². The number of rotatable bonds is 2. The minimum absolute atomic E-state index is 0.00628. The number of nitrogens with zero attached hydrogens (tertiary/aromatic N) is 4. The van der Waals surface area contributed by atoms with Crippen LogP contribution in [0.4, 0.5) is 5.95 Å². The van der Waals surface area contributed by atoms with Crippen LogP contribution < -0.4 is 5.73 Å². The summed E-state index contributed by atoms with van der Waals surface area (Å²) in [7, 11) is 0. The Hall–Kier alpha value is -2.73. The summed E-state index contributed by atoms with van der Waals surface area (Å²) in [5, 5.41) is -0.00628. The van der Waals surface area contributed by atoms with Gasteiger partial charge in [0.15, 0.2) is 0 Å². The van der Waals surface area contributed by atoms with Gasteiger partial charge in [0.05, 0.1) is 29.9 Å². The molecule has 7 heteroatoms. The molecule has 0 radical (unpaired) electrons. The van der Waals surface area contributed by atoms with Crippen molar-refractivity contribution in [3.05, 3.63) is 64.8 Å². The average molecular weight is 368 g/mol. The molecule has 1 atom stereocenters. The highest BCUT2D eigenvalue weighted by Gasteiger charge is 2.30. The first kappa shape index (κ1) is 16.7. The first-order valence-electron chi connectivity index (χ1n) is 8.42. The van der Waals surface area contributed by atoms with Crippen LogP contribution in [0.3, 0.4) is 0 Å². The maximum atomic E-state index is 12.7. The number of fused-ring (bicyclic) bond motifs is 1. The van der Waals surface area contributed by atoms with E-state index in [1.807, 2.05) is 13.0 Å². The second-order valence-electron chi connectivity index (χ2n) is 6.45. The molecule has 0 aromatic carbocycles. The molecule has 2 aromatic rings. The van der Waals surface area contributed by atoms with Gasteiger partial charge in [-0.1, -0.05) is 18.2 Å². The quantitative estimate of drug-likeness (QED) is 0.825. The van der Waals surface area contributed by atoms with Gasteiger partial charge < -0.3 is 10.6 Å². The third-order valence-corrected chi connectivity index (χ3v) is 4.93. The second-order valence-corrected chi connectivity index (χ2v) is 7.01. The van der Waals surface area contributed by atoms with Crippen LogP contribution in [-0.4, -0.2) is 31.1 Å². The van der Waals surface area contributed by atoms with E-state index in [4.69, 9.17) is 17.3 Å². The molecule has 0 fully saturated rings. The monoisotopic (exact) mass is 367 g/mol. The fourth-order valence-electron chi connectivity index (χ4n) is 3.40. The molecule has 0 saturated heterocycles. The standard InChI is InChI=1S/C19H18ClN5O/c1-11-8-12(20)5-6-13(11)17-14-9-25(10-16(14)23-19(21)24-17)18(26)15-4-2-3-7-22-15/h2-4,6-8,12H,5,9-10H2,1H3,(H2,21,23,24). The minimum Gasteiger partial charge on any atom is -0.368 e. The summed E-state index contributed by atoms with van der Waals surface area (Å²) in [5.74, 6) is 0.0893. The van der Waals surface area contributed by atoms with Gasteiger partial charge in [-0.2, -0.15) is 0 Å². The van der Waals surface area contributed by atoms with E-state index in [-0.39, 0.29) is 17.2 Å². The van der Waals surface area contributed by atoms with Crippen molar-refractivity contribution >= 4 is 29.0 Å². The number of halogens is 1. The molecule has 1 amide bonds. The molecule has 0 saturated carbocycles. The molecule has 0 spiro atoms. The number of amides is 1. The van der Waals surface area contributed by atoms with Crippen molar-refractivity contribution in [2.75, 3.05) is 5.73 Å². The zero-order valence-corrected chi connectivity index (χ0v) is 15.1. The number of hydrogen-bond donors (Lipinski definition) is 1. The Morgan fingerprint density at radius 2 is 2.15 bits per heavy atom. The van der Waals surface area contributed by atoms with Gasteiger partial charge >= 0.3 is 0 Å². The SMILES string of the molecule is CC1=CC(Cl)CC=C1c1nc(N)nc2c1CN(C(=O)c1ccccn1)C2. The molecule has 2 N–H and O–H groups in total. The lowest BCUT2D eigenvalue weighted by Gasteiger charge is -2.18. The van der Waals surface area contributed by atoms with Crippen LogP contribution in [-0.2, 0) is 13.1 Å². The number of nitrogen functional groups attached to an aromatic ring is 1. The topological polar surface area (TPSA) is 85.0 Å². The third kappa shape index (κ3) is 2.97. The number of alkyl halides is 1. The van der Waals surface area contributed by atoms with Gasteiger partial charge in [0.1, 0.15) is 5.69 Å². The van der Waals surface area contributed by atoms with Gasteiger partial charge in [0.2, 0.25) is 5.95 Å². The first-order valence-corrected chi connectivity index (χ1v) is 8.85. The summed E-state index contributed by atoms with van der Waals surface area (Å²) in [4.78, 5) is 27.4. The normalized spacial score (nSPS) is 19.0. The van der Waals surface area contributed by atoms with Gasteiger partial charge in [0, 0.05) is 11.8 Å². The smallest absolute Gasteiger partial charge is 0.273 e. The number of aromatic nitrogens is 3. The highest BCUT2D eigenvalue weighted by Crippen LogP contribution is 2.35. The fourth-order valence-corrected chi connectivity index (χ4v) is 3.67. The number of anilines is 1. The number of nitrogens with two attached hydrogens (primary N) is 1. The van der Waals surface area contributed by atoms with E-state index in [9.17, 15) is 4.79 Å². The molecule has 6 nitrogen and oxygen atoms in total. The Morgan fingerprint density at radius 3 is 2.88 bits per heavy atom. The van der Waals surface area contributed by atoms with Gasteiger partial charge in [-0.15, -0.1) is 11.6 Å². The summed E-state index contributed by atoms with van der Waals surface area (Å²) in [6.45, 7) is 2.85. The lowest BCUT2D eigenvalue weighted by Crippen LogP contribution is -2.26. The molecule has 1 aliphatic heterocycles. The van der Waals surface area contributed by atoms with Crippen LogP contribution in [0.1, 0.15) is 40.8 Å². The van der Waals surface area contributed by atoms with Gasteiger partial charge in [-0.25, -0.2) is 9.97 Å². The third-order valence-electron chi connectivity index (χ3n) is 4.63. The molecule has 1 unspecified atom stereocenters. The van der Waals surface area contributed by atoms with Crippen LogP contribution in [0.2, 0.25) is 0 Å². The minimum atomic E-state index is -0.126. The Morgan fingerprint density at radius 1 is 1.31 bits per heavy atom. The van der Waals surface area contributed by atoms with Crippen molar-refractivity contribution in [1.29, 1.82) is 0 Å². The average Bonchev–Trinajstić information content (AvgIpc) is 3.05. The van der Waals surface area contributed by atoms with E-state index < -0.39 is 0 Å². The molecule has 2 aromatic heterocycles. The fraction of sp³-hybridized carbons (Fsp3) is 0.263. The molecule has 0 bridgehead atoms. The van der Waals surface area contributed by atoms with Crippen LogP contribution in [0.5, 0.6) is 0 Å². The van der Waals surface area contributed by atoms with Crippen molar-refractivity contribution in [3.63, 3.8) is 0 Å². The molecular weight excluding hydrogens is 350 g/mol. The van der Waals surface area contributed by atoms with E-state index in [1.54, 1.807) is 29.3 Å². The van der Waals surface area contributed by atoms with Crippen molar-refractivity contribution in [2.45, 2.75) is 31.8 Å². The predicted molar refractivity (Wildman–Crippen MR) is 100 cm³/mol. The number of allylic oxidation sites excluding steroid dienone is 4. The van der Waals surface area contributed by atoms with Crippen molar-refractivity contribution < 1.29 is 4.79 Å². The number of pyridine rings is 1. The summed E-state index contributed by atoms with van der Waals surface area (Å²) in [6, 6.07) is 5.30. The summed E-state index contributed by atoms with van der Waals surface area (Å²) in [6.07, 6.45) is 6.46. The Bertz CT molecular complexity index is 938. The van der Waals surface area contributed by atoms with E-state index in [1.165, 1.54) is 0 Å². The van der Waals surface area contributed by atoms with Gasteiger partial charge in [-0.05, 0) is 36.6 Å².